The molecule has 2 N–H and O–H groups in total. The van der Waals surface area contributed by atoms with E-state index in [1.807, 2.05) is 0 Å². The van der Waals surface area contributed by atoms with E-state index in [1.165, 1.54) is 6.92 Å². The lowest BCUT2D eigenvalue weighted by atomic mass is 10.0. The van der Waals surface area contributed by atoms with Crippen LogP contribution in [0.15, 0.2) is 48.5 Å². The molecule has 0 saturated heterocycles. The molecule has 0 aliphatic carbocycles. The molecule has 2 aromatic carbocycles. The highest BCUT2D eigenvalue weighted by molar-refractivity contribution is 6.30. The Kier molecular flexibility index (Phi) is 6.09. The largest absolute Gasteiger partial charge is 0.356 e. The second-order valence-corrected chi connectivity index (χ2v) is 5.63. The summed E-state index contributed by atoms with van der Waals surface area (Å²) in [5.41, 5.74) is 1.52. The van der Waals surface area contributed by atoms with Crippen molar-refractivity contribution in [1.29, 1.82) is 0 Å². The minimum Gasteiger partial charge on any atom is -0.356 e. The molecule has 0 bridgehead atoms. The van der Waals surface area contributed by atoms with E-state index in [4.69, 9.17) is 11.6 Å². The summed E-state index contributed by atoms with van der Waals surface area (Å²) in [6, 6.07) is 13.3. The molecule has 124 valence electrons. The highest BCUT2D eigenvalue weighted by Crippen LogP contribution is 2.17. The summed E-state index contributed by atoms with van der Waals surface area (Å²) < 4.78 is 0. The lowest BCUT2D eigenvalue weighted by Crippen LogP contribution is -2.25. The maximum Gasteiger partial charge on any atom is 0.226 e. The van der Waals surface area contributed by atoms with Gasteiger partial charge in [0.15, 0.2) is 5.78 Å². The van der Waals surface area contributed by atoms with Gasteiger partial charge in [0.2, 0.25) is 11.8 Å². The quantitative estimate of drug-likeness (QED) is 0.791. The SMILES string of the molecule is CC(=O)NCCC(=O)Nc1cccc(C(=O)c2ccc(Cl)cc2)c1. The minimum absolute atomic E-state index is 0.152. The van der Waals surface area contributed by atoms with Crippen LogP contribution in [0.4, 0.5) is 5.69 Å². The van der Waals surface area contributed by atoms with E-state index in [9.17, 15) is 14.4 Å². The van der Waals surface area contributed by atoms with Gasteiger partial charge in [-0.3, -0.25) is 14.4 Å². The number of ketones is 1. The zero-order chi connectivity index (χ0) is 17.5. The number of amides is 2. The molecule has 2 aromatic rings. The zero-order valence-electron chi connectivity index (χ0n) is 13.1. The Hall–Kier alpha value is -2.66. The normalized spacial score (nSPS) is 10.1. The molecule has 0 atom stereocenters. The molecule has 0 fully saturated rings. The molecule has 24 heavy (non-hydrogen) atoms. The summed E-state index contributed by atoms with van der Waals surface area (Å²) in [5.74, 6) is -0.570. The number of rotatable bonds is 6. The number of carbonyl (C=O) groups is 3. The summed E-state index contributed by atoms with van der Waals surface area (Å²) in [4.78, 5) is 35.0. The summed E-state index contributed by atoms with van der Waals surface area (Å²) in [6.45, 7) is 1.66. The van der Waals surface area contributed by atoms with E-state index in [1.54, 1.807) is 48.5 Å². The zero-order valence-corrected chi connectivity index (χ0v) is 13.9. The predicted octanol–water partition coefficient (Wildman–Crippen LogP) is 3.04. The molecular formula is C18H17ClN2O3. The smallest absolute Gasteiger partial charge is 0.226 e. The van der Waals surface area contributed by atoms with E-state index >= 15 is 0 Å². The van der Waals surface area contributed by atoms with Crippen LogP contribution in [0.2, 0.25) is 5.02 Å². The van der Waals surface area contributed by atoms with Crippen LogP contribution in [0.25, 0.3) is 0 Å². The third-order valence-corrected chi connectivity index (χ3v) is 3.49. The standard InChI is InChI=1S/C18H17ClN2O3/c1-12(22)20-10-9-17(23)21-16-4-2-3-14(11-16)18(24)13-5-7-15(19)8-6-13/h2-8,11H,9-10H2,1H3,(H,20,22)(H,21,23). The third kappa shape index (κ3) is 5.21. The Morgan fingerprint density at radius 3 is 2.38 bits per heavy atom. The van der Waals surface area contributed by atoms with E-state index in [0.29, 0.717) is 21.8 Å². The molecule has 0 spiro atoms. The highest BCUT2D eigenvalue weighted by Gasteiger charge is 2.10. The molecule has 6 heteroatoms. The van der Waals surface area contributed by atoms with Gasteiger partial charge in [0.05, 0.1) is 0 Å². The van der Waals surface area contributed by atoms with Crippen LogP contribution in [-0.4, -0.2) is 24.1 Å². The Bertz CT molecular complexity index is 757. The summed E-state index contributed by atoms with van der Waals surface area (Å²) in [7, 11) is 0. The van der Waals surface area contributed by atoms with Crippen molar-refractivity contribution in [1.82, 2.24) is 5.32 Å². The molecule has 0 heterocycles. The average molecular weight is 345 g/mol. The van der Waals surface area contributed by atoms with Crippen molar-refractivity contribution in [3.05, 3.63) is 64.7 Å². The molecule has 2 rings (SSSR count). The molecule has 0 unspecified atom stereocenters. The Balaban J connectivity index is 2.03. The van der Waals surface area contributed by atoms with Crippen LogP contribution in [0, 0.1) is 0 Å². The Morgan fingerprint density at radius 2 is 1.71 bits per heavy atom. The van der Waals surface area contributed by atoms with E-state index in [2.05, 4.69) is 10.6 Å². The third-order valence-electron chi connectivity index (χ3n) is 3.24. The first-order valence-corrected chi connectivity index (χ1v) is 7.78. The van der Waals surface area contributed by atoms with E-state index < -0.39 is 0 Å². The summed E-state index contributed by atoms with van der Waals surface area (Å²) >= 11 is 5.82. The number of halogens is 1. The van der Waals surface area contributed by atoms with Gasteiger partial charge in [0.1, 0.15) is 0 Å². The van der Waals surface area contributed by atoms with Crippen molar-refractivity contribution in [3.8, 4) is 0 Å². The first-order valence-electron chi connectivity index (χ1n) is 7.40. The van der Waals surface area contributed by atoms with Gasteiger partial charge in [-0.1, -0.05) is 23.7 Å². The van der Waals surface area contributed by atoms with Crippen molar-refractivity contribution in [2.24, 2.45) is 0 Å². The van der Waals surface area contributed by atoms with Crippen molar-refractivity contribution in [3.63, 3.8) is 0 Å². The minimum atomic E-state index is -0.236. The second kappa shape index (κ2) is 8.26. The van der Waals surface area contributed by atoms with Crippen LogP contribution in [-0.2, 0) is 9.59 Å². The van der Waals surface area contributed by atoms with Gasteiger partial charge in [0.25, 0.3) is 0 Å². The van der Waals surface area contributed by atoms with Gasteiger partial charge in [0, 0.05) is 41.7 Å². The first-order chi connectivity index (χ1) is 11.5. The topological polar surface area (TPSA) is 75.3 Å². The molecule has 0 radical (unpaired) electrons. The average Bonchev–Trinajstić information content (AvgIpc) is 2.55. The monoisotopic (exact) mass is 344 g/mol. The predicted molar refractivity (Wildman–Crippen MR) is 93.3 cm³/mol. The fourth-order valence-electron chi connectivity index (χ4n) is 2.08. The number of benzene rings is 2. The lowest BCUT2D eigenvalue weighted by Gasteiger charge is -2.08. The van der Waals surface area contributed by atoms with E-state index in [0.717, 1.165) is 0 Å². The fourth-order valence-corrected chi connectivity index (χ4v) is 2.21. The molecule has 0 aliphatic heterocycles. The van der Waals surface area contributed by atoms with Crippen LogP contribution in [0.5, 0.6) is 0 Å². The van der Waals surface area contributed by atoms with Gasteiger partial charge in [-0.25, -0.2) is 0 Å². The van der Waals surface area contributed by atoms with Crippen molar-refractivity contribution < 1.29 is 14.4 Å². The first kappa shape index (κ1) is 17.7. The van der Waals surface area contributed by atoms with Crippen LogP contribution >= 0.6 is 11.6 Å². The molecular weight excluding hydrogens is 328 g/mol. The number of anilines is 1. The molecule has 0 aromatic heterocycles. The van der Waals surface area contributed by atoms with Crippen molar-refractivity contribution in [2.45, 2.75) is 13.3 Å². The van der Waals surface area contributed by atoms with Gasteiger partial charge in [-0.2, -0.15) is 0 Å². The number of carbonyl (C=O) groups excluding carboxylic acids is 3. The van der Waals surface area contributed by atoms with Gasteiger partial charge in [-0.15, -0.1) is 0 Å². The van der Waals surface area contributed by atoms with Gasteiger partial charge in [-0.05, 0) is 36.4 Å². The van der Waals surface area contributed by atoms with E-state index in [-0.39, 0.29) is 30.6 Å². The van der Waals surface area contributed by atoms with Crippen LogP contribution < -0.4 is 10.6 Å². The van der Waals surface area contributed by atoms with Crippen LogP contribution in [0.3, 0.4) is 0 Å². The summed E-state index contributed by atoms with van der Waals surface area (Å²) in [6.07, 6.45) is 0.162. The van der Waals surface area contributed by atoms with Gasteiger partial charge < -0.3 is 10.6 Å². The highest BCUT2D eigenvalue weighted by atomic mass is 35.5. The Labute approximate surface area is 145 Å². The molecule has 2 amide bonds. The molecule has 5 nitrogen and oxygen atoms in total. The van der Waals surface area contributed by atoms with Crippen molar-refractivity contribution >= 4 is 34.9 Å². The maximum absolute atomic E-state index is 12.4. The van der Waals surface area contributed by atoms with Crippen LogP contribution in [0.1, 0.15) is 29.3 Å². The van der Waals surface area contributed by atoms with Crippen molar-refractivity contribution in [2.75, 3.05) is 11.9 Å². The number of nitrogens with one attached hydrogen (secondary N) is 2. The lowest BCUT2D eigenvalue weighted by molar-refractivity contribution is -0.119. The van der Waals surface area contributed by atoms with Gasteiger partial charge >= 0.3 is 0 Å². The second-order valence-electron chi connectivity index (χ2n) is 5.20. The maximum atomic E-state index is 12.4. The summed E-state index contributed by atoms with van der Waals surface area (Å²) in [5, 5.41) is 5.82. The number of hydrogen-bond acceptors (Lipinski definition) is 3. The molecule has 0 aliphatic rings. The molecule has 0 saturated carbocycles. The Morgan fingerprint density at radius 1 is 1.00 bits per heavy atom. The number of hydrogen-bond donors (Lipinski definition) is 2. The fraction of sp³-hybridized carbons (Fsp3) is 0.167.